The summed E-state index contributed by atoms with van der Waals surface area (Å²) in [6, 6.07) is 15.4. The van der Waals surface area contributed by atoms with Gasteiger partial charge in [0, 0.05) is 0 Å². The van der Waals surface area contributed by atoms with Gasteiger partial charge in [-0.25, -0.2) is 13.8 Å². The summed E-state index contributed by atoms with van der Waals surface area (Å²) in [7, 11) is 0. The van der Waals surface area contributed by atoms with Gasteiger partial charge in [0.05, 0.1) is 23.0 Å². The van der Waals surface area contributed by atoms with Crippen molar-refractivity contribution in [2.45, 2.75) is 18.9 Å². The van der Waals surface area contributed by atoms with E-state index in [0.29, 0.717) is 29.1 Å². The highest BCUT2D eigenvalue weighted by Gasteiger charge is 2.18. The monoisotopic (exact) mass is 424 g/mol. The van der Waals surface area contributed by atoms with Crippen LogP contribution in [0.3, 0.4) is 0 Å². The minimum atomic E-state index is -0.515. The molecule has 4 rings (SSSR count). The van der Waals surface area contributed by atoms with Crippen LogP contribution in [0.1, 0.15) is 22.9 Å². The van der Waals surface area contributed by atoms with Crippen molar-refractivity contribution >= 4 is 17.2 Å². The van der Waals surface area contributed by atoms with Crippen LogP contribution in [0.25, 0.3) is 10.8 Å². The van der Waals surface area contributed by atoms with Gasteiger partial charge in [-0.1, -0.05) is 30.3 Å². The molecule has 0 radical (unpaired) electrons. The van der Waals surface area contributed by atoms with E-state index in [4.69, 9.17) is 4.42 Å². The average Bonchev–Trinajstić information content (AvgIpc) is 3.39. The SMILES string of the molecule is O=C(Cc1coc(-c2cccs2)n1)NC(Cc1cccc(F)c1)c1cccc(F)c1. The summed E-state index contributed by atoms with van der Waals surface area (Å²) < 4.78 is 32.8. The van der Waals surface area contributed by atoms with Crippen molar-refractivity contribution in [1.82, 2.24) is 10.3 Å². The number of hydrogen-bond acceptors (Lipinski definition) is 4. The van der Waals surface area contributed by atoms with Gasteiger partial charge in [0.15, 0.2) is 0 Å². The molecule has 0 aliphatic rings. The number of nitrogens with one attached hydrogen (secondary N) is 1. The van der Waals surface area contributed by atoms with Gasteiger partial charge in [0.25, 0.3) is 0 Å². The largest absolute Gasteiger partial charge is 0.444 e. The number of halogens is 2. The lowest BCUT2D eigenvalue weighted by Gasteiger charge is -2.19. The van der Waals surface area contributed by atoms with Crippen LogP contribution < -0.4 is 5.32 Å². The van der Waals surface area contributed by atoms with Gasteiger partial charge in [-0.2, -0.15) is 0 Å². The molecular weight excluding hydrogens is 406 g/mol. The van der Waals surface area contributed by atoms with Crippen molar-refractivity contribution in [2.24, 2.45) is 0 Å². The number of amides is 1. The molecule has 0 saturated heterocycles. The molecule has 0 aliphatic heterocycles. The van der Waals surface area contributed by atoms with Gasteiger partial charge >= 0.3 is 0 Å². The lowest BCUT2D eigenvalue weighted by atomic mass is 9.98. The van der Waals surface area contributed by atoms with Crippen LogP contribution in [0.2, 0.25) is 0 Å². The third-order valence-corrected chi connectivity index (χ3v) is 5.40. The topological polar surface area (TPSA) is 55.1 Å². The predicted octanol–water partition coefficient (Wildman–Crippen LogP) is 5.32. The summed E-state index contributed by atoms with van der Waals surface area (Å²) in [6.07, 6.45) is 1.80. The Hall–Kier alpha value is -3.32. The van der Waals surface area contributed by atoms with E-state index in [1.54, 1.807) is 24.3 Å². The van der Waals surface area contributed by atoms with E-state index >= 15 is 0 Å². The lowest BCUT2D eigenvalue weighted by molar-refractivity contribution is -0.121. The summed E-state index contributed by atoms with van der Waals surface area (Å²) in [6.45, 7) is 0. The second-order valence-electron chi connectivity index (χ2n) is 6.81. The predicted molar refractivity (Wildman–Crippen MR) is 111 cm³/mol. The van der Waals surface area contributed by atoms with Crippen molar-refractivity contribution in [3.8, 4) is 10.8 Å². The van der Waals surface area contributed by atoms with E-state index in [1.807, 2.05) is 17.5 Å². The zero-order chi connectivity index (χ0) is 20.9. The molecule has 152 valence electrons. The fourth-order valence-corrected chi connectivity index (χ4v) is 3.84. The van der Waals surface area contributed by atoms with Gasteiger partial charge in [-0.15, -0.1) is 11.3 Å². The average molecular weight is 424 g/mol. The molecule has 4 nitrogen and oxygen atoms in total. The molecule has 30 heavy (non-hydrogen) atoms. The third kappa shape index (κ3) is 4.99. The molecule has 0 aliphatic carbocycles. The Kier molecular flexibility index (Phi) is 5.99. The second-order valence-corrected chi connectivity index (χ2v) is 7.75. The summed E-state index contributed by atoms with van der Waals surface area (Å²) >= 11 is 1.50. The zero-order valence-corrected chi connectivity index (χ0v) is 16.7. The van der Waals surface area contributed by atoms with Crippen molar-refractivity contribution in [3.63, 3.8) is 0 Å². The van der Waals surface area contributed by atoms with Crippen LogP contribution in [0.4, 0.5) is 8.78 Å². The summed E-state index contributed by atoms with van der Waals surface area (Å²) in [5.74, 6) is -0.579. The van der Waals surface area contributed by atoms with Crippen molar-refractivity contribution < 1.29 is 18.0 Å². The maximum Gasteiger partial charge on any atom is 0.236 e. The molecule has 1 atom stereocenters. The molecule has 2 heterocycles. The Bertz CT molecular complexity index is 1140. The Morgan fingerprint density at radius 2 is 1.87 bits per heavy atom. The van der Waals surface area contributed by atoms with Crippen molar-refractivity contribution in [1.29, 1.82) is 0 Å². The zero-order valence-electron chi connectivity index (χ0n) is 15.8. The van der Waals surface area contributed by atoms with E-state index in [1.165, 1.54) is 41.9 Å². The van der Waals surface area contributed by atoms with Crippen LogP contribution in [0, 0.1) is 11.6 Å². The van der Waals surface area contributed by atoms with Gasteiger partial charge < -0.3 is 9.73 Å². The van der Waals surface area contributed by atoms with E-state index in [-0.39, 0.29) is 18.1 Å². The first-order chi connectivity index (χ1) is 14.6. The molecule has 7 heteroatoms. The van der Waals surface area contributed by atoms with E-state index < -0.39 is 11.9 Å². The van der Waals surface area contributed by atoms with E-state index in [9.17, 15) is 13.6 Å². The Morgan fingerprint density at radius 1 is 1.07 bits per heavy atom. The first-order valence-electron chi connectivity index (χ1n) is 9.34. The van der Waals surface area contributed by atoms with E-state index in [0.717, 1.165) is 4.88 Å². The van der Waals surface area contributed by atoms with Crippen LogP contribution in [-0.4, -0.2) is 10.9 Å². The smallest absolute Gasteiger partial charge is 0.236 e. The normalized spacial score (nSPS) is 11.9. The standard InChI is InChI=1S/C23H18F2N2O2S/c24-17-6-1-4-15(10-17)11-20(16-5-2-7-18(25)12-16)27-22(28)13-19-14-29-23(26-19)21-8-3-9-30-21/h1-10,12,14,20H,11,13H2,(H,27,28). The number of hydrogen-bond donors (Lipinski definition) is 1. The minimum absolute atomic E-state index is 0.0177. The molecule has 0 saturated carbocycles. The maximum absolute atomic E-state index is 13.8. The quantitative estimate of drug-likeness (QED) is 0.437. The van der Waals surface area contributed by atoms with Gasteiger partial charge in [-0.05, 0) is 53.3 Å². The molecule has 2 aromatic carbocycles. The summed E-state index contributed by atoms with van der Waals surface area (Å²) in [4.78, 5) is 17.9. The van der Waals surface area contributed by atoms with Gasteiger partial charge in [0.1, 0.15) is 17.9 Å². The Balaban J connectivity index is 1.50. The number of carbonyl (C=O) groups is 1. The number of carbonyl (C=O) groups excluding carboxylic acids is 1. The molecule has 2 aromatic heterocycles. The first kappa shape index (κ1) is 20.0. The van der Waals surface area contributed by atoms with Crippen molar-refractivity contribution in [2.75, 3.05) is 0 Å². The number of benzene rings is 2. The Labute approximate surface area is 176 Å². The molecule has 1 N–H and O–H groups in total. The fraction of sp³-hybridized carbons (Fsp3) is 0.130. The molecule has 0 bridgehead atoms. The third-order valence-electron chi connectivity index (χ3n) is 4.54. The number of rotatable bonds is 7. The molecular formula is C23H18F2N2O2S. The highest BCUT2D eigenvalue weighted by Crippen LogP contribution is 2.24. The number of nitrogens with zero attached hydrogens (tertiary/aromatic N) is 1. The van der Waals surface area contributed by atoms with Crippen LogP contribution in [-0.2, 0) is 17.6 Å². The maximum atomic E-state index is 13.8. The van der Waals surface area contributed by atoms with Crippen LogP contribution in [0.5, 0.6) is 0 Å². The number of oxazole rings is 1. The lowest BCUT2D eigenvalue weighted by Crippen LogP contribution is -2.31. The molecule has 0 fully saturated rings. The number of thiophene rings is 1. The molecule has 1 amide bonds. The fourth-order valence-electron chi connectivity index (χ4n) is 3.19. The Morgan fingerprint density at radius 3 is 2.60 bits per heavy atom. The molecule has 4 aromatic rings. The van der Waals surface area contributed by atoms with Gasteiger partial charge in [0.2, 0.25) is 11.8 Å². The second kappa shape index (κ2) is 9.00. The van der Waals surface area contributed by atoms with Crippen LogP contribution in [0.15, 0.2) is 76.7 Å². The van der Waals surface area contributed by atoms with Crippen molar-refractivity contribution in [3.05, 3.63) is 101 Å². The summed E-state index contributed by atoms with van der Waals surface area (Å²) in [5.41, 5.74) is 1.80. The highest BCUT2D eigenvalue weighted by atomic mass is 32.1. The van der Waals surface area contributed by atoms with Gasteiger partial charge in [-0.3, -0.25) is 4.79 Å². The van der Waals surface area contributed by atoms with E-state index in [2.05, 4.69) is 10.3 Å². The number of aromatic nitrogens is 1. The molecule has 1 unspecified atom stereocenters. The highest BCUT2D eigenvalue weighted by molar-refractivity contribution is 7.13. The first-order valence-corrected chi connectivity index (χ1v) is 10.2. The summed E-state index contributed by atoms with van der Waals surface area (Å²) in [5, 5.41) is 4.83. The minimum Gasteiger partial charge on any atom is -0.444 e. The van der Waals surface area contributed by atoms with Crippen LogP contribution >= 0.6 is 11.3 Å². The molecule has 0 spiro atoms.